The van der Waals surface area contributed by atoms with Crippen LogP contribution in [0.2, 0.25) is 0 Å². The summed E-state index contributed by atoms with van der Waals surface area (Å²) >= 11 is 0. The van der Waals surface area contributed by atoms with Crippen LogP contribution in [0.3, 0.4) is 0 Å². The van der Waals surface area contributed by atoms with Gasteiger partial charge in [0.2, 0.25) is 0 Å². The quantitative estimate of drug-likeness (QED) is 0.618. The molecule has 3 rings (SSSR count). The van der Waals surface area contributed by atoms with E-state index in [4.69, 9.17) is 9.72 Å². The smallest absolute Gasteiger partial charge is 0.254 e. The number of aromatic nitrogens is 1. The van der Waals surface area contributed by atoms with Crippen molar-refractivity contribution < 1.29 is 9.53 Å². The standard InChI is InChI=1S/C23H26N2O2/c1-5-27-18-12-10-17(11-13-18)15-25(4)23(26)20-14-22(16(2)3)24-21-9-7-6-8-19(20)21/h6-14,16H,5,15H2,1-4H3. The van der Waals surface area contributed by atoms with E-state index >= 15 is 0 Å². The van der Waals surface area contributed by atoms with E-state index in [-0.39, 0.29) is 11.8 Å². The molecule has 3 aromatic rings. The summed E-state index contributed by atoms with van der Waals surface area (Å²) in [7, 11) is 1.84. The van der Waals surface area contributed by atoms with Crippen molar-refractivity contribution in [3.8, 4) is 5.75 Å². The molecule has 0 aliphatic rings. The molecule has 0 aliphatic heterocycles. The molecule has 0 N–H and O–H groups in total. The van der Waals surface area contributed by atoms with Crippen LogP contribution in [0.5, 0.6) is 5.75 Å². The summed E-state index contributed by atoms with van der Waals surface area (Å²) < 4.78 is 5.48. The van der Waals surface area contributed by atoms with Gasteiger partial charge in [-0.15, -0.1) is 0 Å². The fourth-order valence-electron chi connectivity index (χ4n) is 3.08. The maximum atomic E-state index is 13.2. The van der Waals surface area contributed by atoms with E-state index < -0.39 is 0 Å². The molecule has 0 spiro atoms. The Morgan fingerprint density at radius 2 is 1.81 bits per heavy atom. The Bertz CT molecular complexity index is 933. The normalized spacial score (nSPS) is 11.0. The second-order valence-corrected chi connectivity index (χ2v) is 7.00. The molecule has 0 unspecified atom stereocenters. The van der Waals surface area contributed by atoms with Crippen molar-refractivity contribution in [3.05, 3.63) is 71.4 Å². The fraction of sp³-hybridized carbons (Fsp3) is 0.304. The Morgan fingerprint density at radius 1 is 1.11 bits per heavy atom. The average Bonchev–Trinajstić information content (AvgIpc) is 2.68. The van der Waals surface area contributed by atoms with E-state index in [1.807, 2.05) is 68.6 Å². The molecule has 0 bridgehead atoms. The van der Waals surface area contributed by atoms with Gasteiger partial charge in [-0.3, -0.25) is 9.78 Å². The number of ether oxygens (including phenoxy) is 1. The lowest BCUT2D eigenvalue weighted by atomic mass is 10.0. The predicted octanol–water partition coefficient (Wildman–Crippen LogP) is 5.03. The van der Waals surface area contributed by atoms with Gasteiger partial charge < -0.3 is 9.64 Å². The molecule has 2 aromatic carbocycles. The van der Waals surface area contributed by atoms with Gasteiger partial charge in [0.1, 0.15) is 5.75 Å². The summed E-state index contributed by atoms with van der Waals surface area (Å²) in [5, 5.41) is 0.894. The first kappa shape index (κ1) is 18.9. The Morgan fingerprint density at radius 3 is 2.48 bits per heavy atom. The van der Waals surface area contributed by atoms with Gasteiger partial charge in [-0.2, -0.15) is 0 Å². The first-order valence-electron chi connectivity index (χ1n) is 9.36. The van der Waals surface area contributed by atoms with Crippen LogP contribution in [-0.4, -0.2) is 29.4 Å². The third-order valence-electron chi connectivity index (χ3n) is 4.56. The van der Waals surface area contributed by atoms with Crippen LogP contribution in [0.15, 0.2) is 54.6 Å². The fourth-order valence-corrected chi connectivity index (χ4v) is 3.08. The molecule has 0 saturated carbocycles. The monoisotopic (exact) mass is 362 g/mol. The molecule has 1 amide bonds. The summed E-state index contributed by atoms with van der Waals surface area (Å²) in [6, 6.07) is 17.6. The first-order chi connectivity index (χ1) is 13.0. The van der Waals surface area contributed by atoms with Crippen LogP contribution in [0, 0.1) is 0 Å². The number of fused-ring (bicyclic) bond motifs is 1. The van der Waals surface area contributed by atoms with Crippen LogP contribution < -0.4 is 4.74 Å². The number of carbonyl (C=O) groups is 1. The summed E-state index contributed by atoms with van der Waals surface area (Å²) in [5.74, 6) is 1.11. The van der Waals surface area contributed by atoms with E-state index in [0.717, 1.165) is 27.9 Å². The highest BCUT2D eigenvalue weighted by Crippen LogP contribution is 2.24. The van der Waals surface area contributed by atoms with Gasteiger partial charge in [0.15, 0.2) is 0 Å². The van der Waals surface area contributed by atoms with Crippen LogP contribution >= 0.6 is 0 Å². The van der Waals surface area contributed by atoms with Crippen LogP contribution in [0.25, 0.3) is 10.9 Å². The molecule has 1 heterocycles. The van der Waals surface area contributed by atoms with Gasteiger partial charge in [-0.05, 0) is 42.7 Å². The van der Waals surface area contributed by atoms with Gasteiger partial charge in [0.05, 0.1) is 17.7 Å². The minimum Gasteiger partial charge on any atom is -0.494 e. The topological polar surface area (TPSA) is 42.4 Å². The molecule has 0 aliphatic carbocycles. The first-order valence-corrected chi connectivity index (χ1v) is 9.36. The number of benzene rings is 2. The highest BCUT2D eigenvalue weighted by Gasteiger charge is 2.18. The van der Waals surface area contributed by atoms with Crippen molar-refractivity contribution in [2.75, 3.05) is 13.7 Å². The number of carbonyl (C=O) groups excluding carboxylic acids is 1. The molecule has 0 radical (unpaired) electrons. The maximum absolute atomic E-state index is 13.2. The maximum Gasteiger partial charge on any atom is 0.254 e. The zero-order valence-electron chi connectivity index (χ0n) is 16.4. The van der Waals surface area contributed by atoms with E-state index in [1.54, 1.807) is 4.90 Å². The largest absolute Gasteiger partial charge is 0.494 e. The molecule has 4 heteroatoms. The predicted molar refractivity (Wildman–Crippen MR) is 109 cm³/mol. The third-order valence-corrected chi connectivity index (χ3v) is 4.56. The van der Waals surface area contributed by atoms with E-state index in [2.05, 4.69) is 13.8 Å². The SMILES string of the molecule is CCOc1ccc(CN(C)C(=O)c2cc(C(C)C)nc3ccccc23)cc1. The lowest BCUT2D eigenvalue weighted by Crippen LogP contribution is -2.26. The number of amides is 1. The number of hydrogen-bond donors (Lipinski definition) is 0. The lowest BCUT2D eigenvalue weighted by Gasteiger charge is -2.19. The molecule has 0 saturated heterocycles. The van der Waals surface area contributed by atoms with Crippen molar-refractivity contribution in [3.63, 3.8) is 0 Å². The van der Waals surface area contributed by atoms with Crippen molar-refractivity contribution in [1.29, 1.82) is 0 Å². The van der Waals surface area contributed by atoms with Crippen LogP contribution in [0.4, 0.5) is 0 Å². The minimum atomic E-state index is 0.00406. The molecular formula is C23H26N2O2. The molecule has 27 heavy (non-hydrogen) atoms. The van der Waals surface area contributed by atoms with Crippen LogP contribution in [0.1, 0.15) is 48.3 Å². The summed E-state index contributed by atoms with van der Waals surface area (Å²) in [6.07, 6.45) is 0. The van der Waals surface area contributed by atoms with Crippen molar-refractivity contribution >= 4 is 16.8 Å². The molecule has 140 valence electrons. The second-order valence-electron chi connectivity index (χ2n) is 7.00. The molecule has 1 aromatic heterocycles. The number of hydrogen-bond acceptors (Lipinski definition) is 3. The average molecular weight is 362 g/mol. The van der Waals surface area contributed by atoms with E-state index in [0.29, 0.717) is 18.7 Å². The summed E-state index contributed by atoms with van der Waals surface area (Å²) in [4.78, 5) is 19.6. The van der Waals surface area contributed by atoms with Crippen molar-refractivity contribution in [1.82, 2.24) is 9.88 Å². The van der Waals surface area contributed by atoms with Crippen molar-refractivity contribution in [2.45, 2.75) is 33.2 Å². The number of rotatable bonds is 6. The Balaban J connectivity index is 1.88. The van der Waals surface area contributed by atoms with Gasteiger partial charge in [-0.25, -0.2) is 0 Å². The van der Waals surface area contributed by atoms with Gasteiger partial charge in [0.25, 0.3) is 5.91 Å². The van der Waals surface area contributed by atoms with Gasteiger partial charge >= 0.3 is 0 Å². The Labute approximate surface area is 160 Å². The second kappa shape index (κ2) is 8.21. The highest BCUT2D eigenvalue weighted by atomic mass is 16.5. The number of nitrogens with zero attached hydrogens (tertiary/aromatic N) is 2. The zero-order chi connectivity index (χ0) is 19.4. The van der Waals surface area contributed by atoms with E-state index in [9.17, 15) is 4.79 Å². The summed E-state index contributed by atoms with van der Waals surface area (Å²) in [6.45, 7) is 7.33. The minimum absolute atomic E-state index is 0.00406. The number of pyridine rings is 1. The third kappa shape index (κ3) is 4.27. The lowest BCUT2D eigenvalue weighted by molar-refractivity contribution is 0.0787. The van der Waals surface area contributed by atoms with E-state index in [1.165, 1.54) is 0 Å². The molecule has 0 fully saturated rings. The Kier molecular flexibility index (Phi) is 5.75. The molecular weight excluding hydrogens is 336 g/mol. The van der Waals surface area contributed by atoms with Crippen LogP contribution in [-0.2, 0) is 6.54 Å². The zero-order valence-corrected chi connectivity index (χ0v) is 16.4. The molecule has 0 atom stereocenters. The van der Waals surface area contributed by atoms with Crippen molar-refractivity contribution in [2.24, 2.45) is 0 Å². The summed E-state index contributed by atoms with van der Waals surface area (Å²) in [5.41, 5.74) is 3.57. The Hall–Kier alpha value is -2.88. The molecule has 4 nitrogen and oxygen atoms in total. The number of para-hydroxylation sites is 1. The highest BCUT2D eigenvalue weighted by molar-refractivity contribution is 6.06. The van der Waals surface area contributed by atoms with Gasteiger partial charge in [0, 0.05) is 24.7 Å². The van der Waals surface area contributed by atoms with Gasteiger partial charge in [-0.1, -0.05) is 44.2 Å².